The summed E-state index contributed by atoms with van der Waals surface area (Å²) in [4.78, 5) is 15.0. The SMILES string of the molecule is CC1CCC(C(=O)N(C)Cc2cc(Br)cs2)O1. The Morgan fingerprint density at radius 2 is 2.41 bits per heavy atom. The Morgan fingerprint density at radius 1 is 1.65 bits per heavy atom. The van der Waals surface area contributed by atoms with Crippen molar-refractivity contribution in [2.24, 2.45) is 0 Å². The Balaban J connectivity index is 1.91. The summed E-state index contributed by atoms with van der Waals surface area (Å²) >= 11 is 5.07. The van der Waals surface area contributed by atoms with Crippen molar-refractivity contribution in [1.29, 1.82) is 0 Å². The number of nitrogens with zero attached hydrogens (tertiary/aromatic N) is 1. The number of thiophene rings is 1. The normalized spacial score (nSPS) is 23.9. The molecule has 0 spiro atoms. The van der Waals surface area contributed by atoms with Gasteiger partial charge in [-0.25, -0.2) is 0 Å². The minimum Gasteiger partial charge on any atom is -0.365 e. The highest BCUT2D eigenvalue weighted by molar-refractivity contribution is 9.10. The molecule has 1 aromatic heterocycles. The fraction of sp³-hybridized carbons (Fsp3) is 0.583. The molecule has 2 unspecified atom stereocenters. The molecule has 0 aromatic carbocycles. The largest absolute Gasteiger partial charge is 0.365 e. The third-order valence-corrected chi connectivity index (χ3v) is 4.58. The van der Waals surface area contributed by atoms with Crippen LogP contribution in [-0.2, 0) is 16.1 Å². The molecule has 2 rings (SSSR count). The maximum atomic E-state index is 12.1. The second-order valence-electron chi connectivity index (χ2n) is 4.44. The van der Waals surface area contributed by atoms with Crippen LogP contribution in [0.1, 0.15) is 24.6 Å². The molecule has 0 aliphatic carbocycles. The summed E-state index contributed by atoms with van der Waals surface area (Å²) in [6, 6.07) is 2.05. The van der Waals surface area contributed by atoms with Crippen LogP contribution in [0.15, 0.2) is 15.9 Å². The van der Waals surface area contributed by atoms with E-state index >= 15 is 0 Å². The van der Waals surface area contributed by atoms with Crippen LogP contribution in [-0.4, -0.2) is 30.1 Å². The van der Waals surface area contributed by atoms with Crippen LogP contribution in [0, 0.1) is 0 Å². The fourth-order valence-corrected chi connectivity index (χ4v) is 3.48. The number of rotatable bonds is 3. The summed E-state index contributed by atoms with van der Waals surface area (Å²) in [6.07, 6.45) is 1.81. The molecule has 1 amide bonds. The minimum atomic E-state index is -0.238. The van der Waals surface area contributed by atoms with Crippen LogP contribution in [0.2, 0.25) is 0 Å². The van der Waals surface area contributed by atoms with Crippen molar-refractivity contribution >= 4 is 33.2 Å². The number of hydrogen-bond donors (Lipinski definition) is 0. The van der Waals surface area contributed by atoms with E-state index in [2.05, 4.69) is 15.9 Å². The van der Waals surface area contributed by atoms with Crippen LogP contribution < -0.4 is 0 Å². The summed E-state index contributed by atoms with van der Waals surface area (Å²) in [5.41, 5.74) is 0. The summed E-state index contributed by atoms with van der Waals surface area (Å²) in [5, 5.41) is 2.03. The van der Waals surface area contributed by atoms with Gasteiger partial charge in [-0.2, -0.15) is 0 Å². The van der Waals surface area contributed by atoms with Gasteiger partial charge in [0.15, 0.2) is 0 Å². The van der Waals surface area contributed by atoms with Gasteiger partial charge in [-0.05, 0) is 41.8 Å². The Kier molecular flexibility index (Phi) is 4.22. The second kappa shape index (κ2) is 5.50. The molecular weight excluding hydrogens is 302 g/mol. The quantitative estimate of drug-likeness (QED) is 0.857. The van der Waals surface area contributed by atoms with Gasteiger partial charge in [0.05, 0.1) is 12.6 Å². The zero-order valence-electron chi connectivity index (χ0n) is 9.98. The first-order valence-corrected chi connectivity index (χ1v) is 7.37. The first kappa shape index (κ1) is 13.1. The van der Waals surface area contributed by atoms with Crippen molar-refractivity contribution in [2.75, 3.05) is 7.05 Å². The average molecular weight is 318 g/mol. The number of likely N-dealkylation sites (N-methyl/N-ethyl adjacent to an activating group) is 1. The smallest absolute Gasteiger partial charge is 0.251 e. The molecule has 94 valence electrons. The Morgan fingerprint density at radius 3 is 2.94 bits per heavy atom. The van der Waals surface area contributed by atoms with Crippen LogP contribution >= 0.6 is 27.3 Å². The molecule has 0 saturated carbocycles. The van der Waals surface area contributed by atoms with Gasteiger partial charge in [-0.3, -0.25) is 4.79 Å². The lowest BCUT2D eigenvalue weighted by Gasteiger charge is -2.20. The van der Waals surface area contributed by atoms with E-state index in [1.165, 1.54) is 4.88 Å². The van der Waals surface area contributed by atoms with Crippen LogP contribution in [0.5, 0.6) is 0 Å². The molecule has 1 saturated heterocycles. The lowest BCUT2D eigenvalue weighted by molar-refractivity contribution is -0.141. The lowest BCUT2D eigenvalue weighted by Crippen LogP contribution is -2.35. The van der Waals surface area contributed by atoms with E-state index in [1.807, 2.05) is 25.4 Å². The molecule has 0 bridgehead atoms. The number of carbonyl (C=O) groups excluding carboxylic acids is 1. The molecule has 17 heavy (non-hydrogen) atoms. The fourth-order valence-electron chi connectivity index (χ4n) is 1.98. The third kappa shape index (κ3) is 3.30. The molecule has 0 N–H and O–H groups in total. The van der Waals surface area contributed by atoms with Crippen molar-refractivity contribution in [1.82, 2.24) is 4.90 Å². The van der Waals surface area contributed by atoms with Crippen LogP contribution in [0.25, 0.3) is 0 Å². The molecule has 3 nitrogen and oxygen atoms in total. The molecule has 1 aliphatic heterocycles. The molecule has 2 heterocycles. The van der Waals surface area contributed by atoms with E-state index in [0.29, 0.717) is 6.54 Å². The van der Waals surface area contributed by atoms with Crippen LogP contribution in [0.3, 0.4) is 0 Å². The zero-order valence-corrected chi connectivity index (χ0v) is 12.4. The molecule has 1 fully saturated rings. The van der Waals surface area contributed by atoms with Gasteiger partial charge in [-0.15, -0.1) is 11.3 Å². The highest BCUT2D eigenvalue weighted by Crippen LogP contribution is 2.23. The standard InChI is InChI=1S/C12H16BrNO2S/c1-8-3-4-11(16-8)12(15)14(2)6-10-5-9(13)7-17-10/h5,7-8,11H,3-4,6H2,1-2H3. The molecule has 0 radical (unpaired) electrons. The molecular formula is C12H16BrNO2S. The van der Waals surface area contributed by atoms with E-state index in [4.69, 9.17) is 4.74 Å². The minimum absolute atomic E-state index is 0.0962. The topological polar surface area (TPSA) is 29.5 Å². The predicted molar refractivity (Wildman–Crippen MR) is 72.1 cm³/mol. The number of halogens is 1. The van der Waals surface area contributed by atoms with Gasteiger partial charge in [0, 0.05) is 21.8 Å². The second-order valence-corrected chi connectivity index (χ2v) is 6.35. The summed E-state index contributed by atoms with van der Waals surface area (Å²) < 4.78 is 6.66. The Hall–Kier alpha value is -0.390. The predicted octanol–water partition coefficient (Wildman–Crippen LogP) is 3.04. The van der Waals surface area contributed by atoms with Gasteiger partial charge < -0.3 is 9.64 Å². The number of amides is 1. The van der Waals surface area contributed by atoms with Crippen molar-refractivity contribution in [3.8, 4) is 0 Å². The monoisotopic (exact) mass is 317 g/mol. The van der Waals surface area contributed by atoms with E-state index < -0.39 is 0 Å². The van der Waals surface area contributed by atoms with E-state index in [1.54, 1.807) is 16.2 Å². The first-order valence-electron chi connectivity index (χ1n) is 5.69. The van der Waals surface area contributed by atoms with Crippen molar-refractivity contribution < 1.29 is 9.53 Å². The number of carbonyl (C=O) groups is 1. The van der Waals surface area contributed by atoms with E-state index in [0.717, 1.165) is 17.3 Å². The van der Waals surface area contributed by atoms with E-state index in [-0.39, 0.29) is 18.1 Å². The van der Waals surface area contributed by atoms with Gasteiger partial charge in [0.1, 0.15) is 6.10 Å². The molecule has 2 atom stereocenters. The maximum Gasteiger partial charge on any atom is 0.251 e. The first-order chi connectivity index (χ1) is 8.06. The molecule has 1 aromatic rings. The van der Waals surface area contributed by atoms with Crippen LogP contribution in [0.4, 0.5) is 0 Å². The Bertz CT molecular complexity index is 407. The van der Waals surface area contributed by atoms with Crippen molar-refractivity contribution in [3.05, 3.63) is 20.8 Å². The number of ether oxygens (including phenoxy) is 1. The maximum absolute atomic E-state index is 12.1. The van der Waals surface area contributed by atoms with Gasteiger partial charge in [-0.1, -0.05) is 0 Å². The van der Waals surface area contributed by atoms with Gasteiger partial charge in [0.25, 0.3) is 5.91 Å². The summed E-state index contributed by atoms with van der Waals surface area (Å²) in [5.74, 6) is 0.0962. The zero-order chi connectivity index (χ0) is 12.4. The highest BCUT2D eigenvalue weighted by Gasteiger charge is 2.30. The molecule has 1 aliphatic rings. The average Bonchev–Trinajstić information content (AvgIpc) is 2.87. The highest BCUT2D eigenvalue weighted by atomic mass is 79.9. The third-order valence-electron chi connectivity index (χ3n) is 2.90. The molecule has 5 heteroatoms. The summed E-state index contributed by atoms with van der Waals surface area (Å²) in [6.45, 7) is 2.67. The number of hydrogen-bond acceptors (Lipinski definition) is 3. The van der Waals surface area contributed by atoms with E-state index in [9.17, 15) is 4.79 Å². The Labute approximate surface area is 114 Å². The van der Waals surface area contributed by atoms with Gasteiger partial charge in [0.2, 0.25) is 0 Å². The van der Waals surface area contributed by atoms with Gasteiger partial charge >= 0.3 is 0 Å². The lowest BCUT2D eigenvalue weighted by atomic mass is 10.2. The summed E-state index contributed by atoms with van der Waals surface area (Å²) in [7, 11) is 1.84. The van der Waals surface area contributed by atoms with Crippen molar-refractivity contribution in [3.63, 3.8) is 0 Å². The van der Waals surface area contributed by atoms with Crippen molar-refractivity contribution in [2.45, 2.75) is 38.5 Å².